The maximum absolute atomic E-state index is 13.7. The molecule has 6 heteroatoms. The van der Waals surface area contributed by atoms with Gasteiger partial charge in [-0.15, -0.1) is 0 Å². The van der Waals surface area contributed by atoms with Crippen molar-refractivity contribution in [3.05, 3.63) is 29.3 Å². The van der Waals surface area contributed by atoms with Crippen molar-refractivity contribution in [1.29, 1.82) is 0 Å². The molecule has 3 rings (SSSR count). The molecule has 0 bridgehead atoms. The second kappa shape index (κ2) is 5.65. The van der Waals surface area contributed by atoms with Gasteiger partial charge in [0.2, 0.25) is 0 Å². The summed E-state index contributed by atoms with van der Waals surface area (Å²) in [7, 11) is -1.40. The number of halogens is 1. The van der Waals surface area contributed by atoms with E-state index in [4.69, 9.17) is 5.14 Å². The largest absolute Gasteiger partial charge is 0.317 e. The summed E-state index contributed by atoms with van der Waals surface area (Å²) in [6, 6.07) is 1.62. The van der Waals surface area contributed by atoms with E-state index in [1.54, 1.807) is 6.07 Å². The van der Waals surface area contributed by atoms with Gasteiger partial charge in [0, 0.05) is 5.69 Å². The number of hydrogen-bond donors (Lipinski definition) is 2. The van der Waals surface area contributed by atoms with Gasteiger partial charge in [-0.3, -0.25) is 10.1 Å². The second-order valence-electron chi connectivity index (χ2n) is 7.29. The van der Waals surface area contributed by atoms with Crippen molar-refractivity contribution in [1.82, 2.24) is 10.3 Å². The van der Waals surface area contributed by atoms with Gasteiger partial charge in [0.25, 0.3) is 0 Å². The average molecular weight is 325 g/mol. The number of hydrogen-bond acceptors (Lipinski definition) is 3. The van der Waals surface area contributed by atoms with E-state index in [-0.39, 0.29) is 17.2 Å². The van der Waals surface area contributed by atoms with Gasteiger partial charge in [-0.1, -0.05) is 0 Å². The van der Waals surface area contributed by atoms with Crippen LogP contribution in [0.3, 0.4) is 0 Å². The molecule has 1 unspecified atom stereocenters. The zero-order chi connectivity index (χ0) is 16.0. The van der Waals surface area contributed by atoms with E-state index in [9.17, 15) is 8.60 Å². The molecule has 1 spiro atoms. The molecule has 1 aliphatic heterocycles. The van der Waals surface area contributed by atoms with E-state index >= 15 is 0 Å². The fourth-order valence-corrected chi connectivity index (χ4v) is 4.40. The van der Waals surface area contributed by atoms with Gasteiger partial charge in [-0.05, 0) is 75.6 Å². The first-order valence-corrected chi connectivity index (χ1v) is 9.07. The van der Waals surface area contributed by atoms with E-state index in [1.807, 2.05) is 13.8 Å². The van der Waals surface area contributed by atoms with Crippen LogP contribution < -0.4 is 10.5 Å². The molecule has 1 fully saturated rings. The summed E-state index contributed by atoms with van der Waals surface area (Å²) >= 11 is 0. The lowest BCUT2D eigenvalue weighted by atomic mass is 9.67. The van der Waals surface area contributed by atoms with Crippen molar-refractivity contribution >= 4 is 11.0 Å². The molecule has 2 aliphatic rings. The highest BCUT2D eigenvalue weighted by molar-refractivity contribution is 7.84. The summed E-state index contributed by atoms with van der Waals surface area (Å²) < 4.78 is 25.1. The topological polar surface area (TPSA) is 68.0 Å². The Kier molecular flexibility index (Phi) is 4.12. The summed E-state index contributed by atoms with van der Waals surface area (Å²) in [5.41, 5.74) is 2.11. The number of nitrogens with zero attached hydrogens (tertiary/aromatic N) is 1. The molecule has 0 amide bonds. The minimum atomic E-state index is -1.40. The molecule has 1 saturated heterocycles. The van der Waals surface area contributed by atoms with Crippen molar-refractivity contribution in [2.24, 2.45) is 10.6 Å². The SMILES string of the molecule is CC(C)(C[C@H]1c2cc(F)cnc2CC12CCNCC2)S(N)=O. The van der Waals surface area contributed by atoms with Crippen LogP contribution in [0.2, 0.25) is 0 Å². The van der Waals surface area contributed by atoms with E-state index in [1.165, 1.54) is 6.20 Å². The first kappa shape index (κ1) is 16.0. The maximum Gasteiger partial charge on any atom is 0.141 e. The van der Waals surface area contributed by atoms with Crippen molar-refractivity contribution in [3.63, 3.8) is 0 Å². The fraction of sp³-hybridized carbons (Fsp3) is 0.688. The predicted octanol–water partition coefficient (Wildman–Crippen LogP) is 2.02. The first-order chi connectivity index (χ1) is 10.3. The third-order valence-corrected chi connectivity index (χ3v) is 6.70. The zero-order valence-electron chi connectivity index (χ0n) is 13.2. The monoisotopic (exact) mass is 325 g/mol. The van der Waals surface area contributed by atoms with Gasteiger partial charge >= 0.3 is 0 Å². The number of nitrogens with one attached hydrogen (secondary N) is 1. The Morgan fingerprint density at radius 2 is 2.18 bits per heavy atom. The standard InChI is InChI=1S/C16H24FN3OS/c1-15(2,22(18)21)8-13-12-7-11(17)10-20-14(12)9-16(13)3-5-19-6-4-16/h7,10,13,19H,3-6,8-9,18H2,1-2H3/t13-,22?/m0/s1. The first-order valence-electron chi connectivity index (χ1n) is 7.85. The minimum Gasteiger partial charge on any atom is -0.317 e. The molecule has 0 radical (unpaired) electrons. The van der Waals surface area contributed by atoms with Crippen molar-refractivity contribution < 1.29 is 8.60 Å². The molecule has 122 valence electrons. The summed E-state index contributed by atoms with van der Waals surface area (Å²) in [4.78, 5) is 4.33. The van der Waals surface area contributed by atoms with Crippen LogP contribution in [0.4, 0.5) is 4.39 Å². The van der Waals surface area contributed by atoms with Crippen LogP contribution in [0.15, 0.2) is 12.3 Å². The lowest BCUT2D eigenvalue weighted by Crippen LogP contribution is -2.43. The number of pyridine rings is 1. The Bertz CT molecular complexity index is 599. The molecule has 2 atom stereocenters. The molecule has 0 saturated carbocycles. The second-order valence-corrected chi connectivity index (χ2v) is 8.99. The summed E-state index contributed by atoms with van der Waals surface area (Å²) in [6.45, 7) is 5.81. The van der Waals surface area contributed by atoms with Crippen LogP contribution in [0.5, 0.6) is 0 Å². The highest BCUT2D eigenvalue weighted by Gasteiger charge is 2.49. The molecule has 1 aliphatic carbocycles. The lowest BCUT2D eigenvalue weighted by molar-refractivity contribution is 0.158. The molecular weight excluding hydrogens is 301 g/mol. The number of aromatic nitrogens is 1. The van der Waals surface area contributed by atoms with E-state index in [2.05, 4.69) is 10.3 Å². The van der Waals surface area contributed by atoms with Crippen LogP contribution in [0.25, 0.3) is 0 Å². The summed E-state index contributed by atoms with van der Waals surface area (Å²) in [5.74, 6) is -0.114. The maximum atomic E-state index is 13.7. The Labute approximate surface area is 133 Å². The van der Waals surface area contributed by atoms with Crippen LogP contribution in [0.1, 0.15) is 50.3 Å². The van der Waals surface area contributed by atoms with Gasteiger partial charge in [-0.25, -0.2) is 8.60 Å². The molecular formula is C16H24FN3OS. The van der Waals surface area contributed by atoms with Gasteiger partial charge < -0.3 is 5.32 Å². The smallest absolute Gasteiger partial charge is 0.141 e. The van der Waals surface area contributed by atoms with Crippen LogP contribution >= 0.6 is 0 Å². The van der Waals surface area contributed by atoms with Crippen LogP contribution in [-0.2, 0) is 17.4 Å². The van der Waals surface area contributed by atoms with Crippen molar-refractivity contribution in [2.75, 3.05) is 13.1 Å². The zero-order valence-corrected chi connectivity index (χ0v) is 14.0. The Morgan fingerprint density at radius 3 is 2.82 bits per heavy atom. The van der Waals surface area contributed by atoms with Gasteiger partial charge in [0.15, 0.2) is 0 Å². The predicted molar refractivity (Wildman–Crippen MR) is 86.2 cm³/mol. The molecule has 1 aromatic rings. The normalized spacial score (nSPS) is 25.2. The molecule has 22 heavy (non-hydrogen) atoms. The van der Waals surface area contributed by atoms with Crippen LogP contribution in [0, 0.1) is 11.2 Å². The lowest BCUT2D eigenvalue weighted by Gasteiger charge is -2.42. The Morgan fingerprint density at radius 1 is 1.50 bits per heavy atom. The quantitative estimate of drug-likeness (QED) is 0.893. The molecule has 3 N–H and O–H groups in total. The number of rotatable bonds is 3. The number of fused-ring (bicyclic) bond motifs is 1. The average Bonchev–Trinajstić information content (AvgIpc) is 2.73. The Balaban J connectivity index is 2.01. The highest BCUT2D eigenvalue weighted by Crippen LogP contribution is 2.55. The van der Waals surface area contributed by atoms with Gasteiger partial charge in [0.1, 0.15) is 5.82 Å². The third kappa shape index (κ3) is 2.72. The minimum absolute atomic E-state index is 0.102. The van der Waals surface area contributed by atoms with E-state index < -0.39 is 15.7 Å². The Hall–Kier alpha value is -0.850. The van der Waals surface area contributed by atoms with Gasteiger partial charge in [0.05, 0.1) is 21.9 Å². The molecule has 4 nitrogen and oxygen atoms in total. The van der Waals surface area contributed by atoms with Gasteiger partial charge in [-0.2, -0.15) is 0 Å². The fourth-order valence-electron chi connectivity index (χ4n) is 4.07. The molecule has 2 heterocycles. The highest BCUT2D eigenvalue weighted by atomic mass is 32.2. The molecule has 1 aromatic heterocycles. The number of nitrogens with two attached hydrogens (primary N) is 1. The summed E-state index contributed by atoms with van der Waals surface area (Å²) in [5, 5.41) is 9.09. The number of piperidine rings is 1. The van der Waals surface area contributed by atoms with Crippen LogP contribution in [-0.4, -0.2) is 27.0 Å². The van der Waals surface area contributed by atoms with Crippen molar-refractivity contribution in [2.45, 2.75) is 50.2 Å². The van der Waals surface area contributed by atoms with Crippen molar-refractivity contribution in [3.8, 4) is 0 Å². The third-order valence-electron chi connectivity index (χ3n) is 5.44. The van der Waals surface area contributed by atoms with E-state index in [0.717, 1.165) is 43.6 Å². The summed E-state index contributed by atoms with van der Waals surface area (Å²) in [6.07, 6.45) is 4.99. The van der Waals surface area contributed by atoms with E-state index in [0.29, 0.717) is 6.42 Å². The molecule has 0 aromatic carbocycles.